The second-order valence-corrected chi connectivity index (χ2v) is 11.0. The molecule has 0 spiro atoms. The summed E-state index contributed by atoms with van der Waals surface area (Å²) in [6.45, 7) is 5.54. The molecule has 2 amide bonds. The molecular weight excluding hydrogens is 517 g/mol. The Hall–Kier alpha value is -3.98. The zero-order chi connectivity index (χ0) is 28.7. The van der Waals surface area contributed by atoms with Gasteiger partial charge in [-0.15, -0.1) is 0 Å². The average Bonchev–Trinajstić information content (AvgIpc) is 2.91. The molecule has 2 heterocycles. The highest BCUT2D eigenvalue weighted by Gasteiger charge is 2.60. The molecule has 2 aromatic carbocycles. The molecule has 9 heteroatoms. The number of hydrogen-bond donors (Lipinski definition) is 3. The number of amides is 2. The Labute approximate surface area is 231 Å². The van der Waals surface area contributed by atoms with E-state index in [1.807, 2.05) is 26.0 Å². The van der Waals surface area contributed by atoms with Crippen LogP contribution in [0.5, 0.6) is 0 Å². The van der Waals surface area contributed by atoms with Gasteiger partial charge in [-0.1, -0.05) is 74.5 Å². The molecule has 3 N–H and O–H groups in total. The summed E-state index contributed by atoms with van der Waals surface area (Å²) in [5.74, 6) is 0. The van der Waals surface area contributed by atoms with Crippen LogP contribution in [0.1, 0.15) is 61.5 Å². The fourth-order valence-electron chi connectivity index (χ4n) is 5.85. The zero-order valence-corrected chi connectivity index (χ0v) is 22.4. The summed E-state index contributed by atoms with van der Waals surface area (Å²) in [5.41, 5.74) is -0.843. The lowest BCUT2D eigenvalue weighted by Gasteiger charge is -2.42. The molecule has 0 fully saturated rings. The average molecular weight is 549 g/mol. The first-order chi connectivity index (χ1) is 18.9. The van der Waals surface area contributed by atoms with E-state index in [9.17, 15) is 9.90 Å². The van der Waals surface area contributed by atoms with Crippen LogP contribution in [0.4, 0.5) is 18.0 Å². The van der Waals surface area contributed by atoms with Gasteiger partial charge in [-0.05, 0) is 58.7 Å². The van der Waals surface area contributed by atoms with Gasteiger partial charge in [0, 0.05) is 12.4 Å². The van der Waals surface area contributed by atoms with Crippen LogP contribution in [0, 0.1) is 0 Å². The topological polar surface area (TPSA) is 86.6 Å². The van der Waals surface area contributed by atoms with Crippen LogP contribution < -0.4 is 10.6 Å². The SMILES string of the molecule is CC1=CC(NC(=O)N[C@@H]2c3ccccc3C(C)(C)C[C@H]2O)(C(F)(F)F)C(c2ccccc2)=NC1c1cccnc1. The molecule has 208 valence electrons. The van der Waals surface area contributed by atoms with Gasteiger partial charge < -0.3 is 15.7 Å². The number of nitrogens with zero attached hydrogens (tertiary/aromatic N) is 2. The number of alkyl halides is 3. The minimum absolute atomic E-state index is 0.225. The number of rotatable bonds is 4. The highest BCUT2D eigenvalue weighted by Crippen LogP contribution is 2.44. The van der Waals surface area contributed by atoms with Crippen LogP contribution >= 0.6 is 0 Å². The molecule has 0 radical (unpaired) electrons. The summed E-state index contributed by atoms with van der Waals surface area (Å²) in [4.78, 5) is 22.1. The van der Waals surface area contributed by atoms with E-state index in [0.29, 0.717) is 23.1 Å². The van der Waals surface area contributed by atoms with Gasteiger partial charge >= 0.3 is 12.2 Å². The molecule has 2 aliphatic rings. The van der Waals surface area contributed by atoms with Crippen LogP contribution in [0.15, 0.2) is 95.8 Å². The number of aliphatic imine (C=N–C) groups is 1. The molecule has 0 bridgehead atoms. The van der Waals surface area contributed by atoms with Crippen molar-refractivity contribution in [3.05, 3.63) is 113 Å². The molecule has 1 aliphatic heterocycles. The van der Waals surface area contributed by atoms with Crippen molar-refractivity contribution in [3.63, 3.8) is 0 Å². The summed E-state index contributed by atoms with van der Waals surface area (Å²) < 4.78 is 45.5. The molecule has 6 nitrogen and oxygen atoms in total. The number of fused-ring (bicyclic) bond motifs is 1. The van der Waals surface area contributed by atoms with Crippen LogP contribution in [-0.2, 0) is 5.41 Å². The highest BCUT2D eigenvalue weighted by atomic mass is 19.4. The number of benzene rings is 2. The van der Waals surface area contributed by atoms with Crippen molar-refractivity contribution < 1.29 is 23.1 Å². The third kappa shape index (κ3) is 4.90. The smallest absolute Gasteiger partial charge is 0.391 e. The van der Waals surface area contributed by atoms with Crippen molar-refractivity contribution in [2.75, 3.05) is 0 Å². The lowest BCUT2D eigenvalue weighted by Crippen LogP contribution is -2.66. The number of urea groups is 1. The van der Waals surface area contributed by atoms with E-state index >= 15 is 13.2 Å². The quantitative estimate of drug-likeness (QED) is 0.352. The molecular formula is C31H31F3N4O2. The van der Waals surface area contributed by atoms with E-state index in [-0.39, 0.29) is 16.7 Å². The maximum absolute atomic E-state index is 15.2. The number of halogens is 3. The van der Waals surface area contributed by atoms with Crippen molar-refractivity contribution >= 4 is 11.7 Å². The number of nitrogens with one attached hydrogen (secondary N) is 2. The molecule has 5 rings (SSSR count). The number of aliphatic hydroxyl groups is 1. The first-order valence-corrected chi connectivity index (χ1v) is 13.1. The minimum Gasteiger partial charge on any atom is -0.391 e. The monoisotopic (exact) mass is 548 g/mol. The Morgan fingerprint density at radius 1 is 1.02 bits per heavy atom. The lowest BCUT2D eigenvalue weighted by atomic mass is 9.69. The van der Waals surface area contributed by atoms with E-state index in [4.69, 9.17) is 0 Å². The van der Waals surface area contributed by atoms with Crippen molar-refractivity contribution in [3.8, 4) is 0 Å². The third-order valence-electron chi connectivity index (χ3n) is 7.73. The Morgan fingerprint density at radius 2 is 1.73 bits per heavy atom. The molecule has 0 saturated heterocycles. The Balaban J connectivity index is 1.56. The fourth-order valence-corrected chi connectivity index (χ4v) is 5.85. The Bertz CT molecular complexity index is 1450. The summed E-state index contributed by atoms with van der Waals surface area (Å²) >= 11 is 0. The van der Waals surface area contributed by atoms with E-state index in [1.165, 1.54) is 12.1 Å². The maximum atomic E-state index is 15.2. The largest absolute Gasteiger partial charge is 0.421 e. The van der Waals surface area contributed by atoms with Gasteiger partial charge in [-0.25, -0.2) is 4.79 Å². The molecule has 3 aromatic rings. The van der Waals surface area contributed by atoms with Crippen molar-refractivity contribution in [1.82, 2.24) is 15.6 Å². The first kappa shape index (κ1) is 27.6. The Morgan fingerprint density at radius 3 is 2.40 bits per heavy atom. The number of carbonyl (C=O) groups excluding carboxylic acids is 1. The van der Waals surface area contributed by atoms with Gasteiger partial charge in [0.25, 0.3) is 0 Å². The van der Waals surface area contributed by atoms with Gasteiger partial charge in [0.15, 0.2) is 5.54 Å². The van der Waals surface area contributed by atoms with Gasteiger partial charge in [-0.3, -0.25) is 9.98 Å². The predicted molar refractivity (Wildman–Crippen MR) is 147 cm³/mol. The number of pyridine rings is 1. The lowest BCUT2D eigenvalue weighted by molar-refractivity contribution is -0.159. The summed E-state index contributed by atoms with van der Waals surface area (Å²) in [5, 5.41) is 15.8. The second-order valence-electron chi connectivity index (χ2n) is 11.0. The zero-order valence-electron chi connectivity index (χ0n) is 22.4. The third-order valence-corrected chi connectivity index (χ3v) is 7.73. The van der Waals surface area contributed by atoms with E-state index < -0.39 is 35.9 Å². The van der Waals surface area contributed by atoms with E-state index in [1.54, 1.807) is 61.8 Å². The van der Waals surface area contributed by atoms with Crippen LogP contribution in [0.2, 0.25) is 0 Å². The van der Waals surface area contributed by atoms with Crippen molar-refractivity contribution in [2.45, 2.75) is 62.5 Å². The molecule has 0 saturated carbocycles. The second kappa shape index (κ2) is 10.2. The normalized spacial score (nSPS) is 25.7. The molecule has 40 heavy (non-hydrogen) atoms. The van der Waals surface area contributed by atoms with Crippen molar-refractivity contribution in [1.29, 1.82) is 0 Å². The van der Waals surface area contributed by atoms with Gasteiger partial charge in [-0.2, -0.15) is 13.2 Å². The highest BCUT2D eigenvalue weighted by molar-refractivity contribution is 6.12. The number of carbonyl (C=O) groups is 1. The van der Waals surface area contributed by atoms with Crippen LogP contribution in [0.3, 0.4) is 0 Å². The number of aliphatic hydroxyl groups excluding tert-OH is 1. The fraction of sp³-hybridized carbons (Fsp3) is 0.323. The number of aromatic nitrogens is 1. The van der Waals surface area contributed by atoms with Gasteiger partial charge in [0.05, 0.1) is 23.9 Å². The standard InChI is InChI=1S/C31H31F3N4O2/c1-19-16-30(31(32,33)34,27(20-10-5-4-6-11-20)36-25(19)21-12-9-15-35-18-21)38-28(40)37-26-22-13-7-8-14-23(22)29(2,3)17-24(26)39/h4-16,18,24-26,39H,17H2,1-3H3,(H2,37,38,40)/t24-,25?,26-,30?/m1/s1. The maximum Gasteiger partial charge on any atom is 0.421 e. The Kier molecular flexibility index (Phi) is 7.04. The molecule has 1 aliphatic carbocycles. The number of dihydropyridines is 1. The molecule has 1 aromatic heterocycles. The van der Waals surface area contributed by atoms with Gasteiger partial charge in [0.2, 0.25) is 0 Å². The van der Waals surface area contributed by atoms with Gasteiger partial charge in [0.1, 0.15) is 0 Å². The minimum atomic E-state index is -4.94. The molecule has 4 atom stereocenters. The summed E-state index contributed by atoms with van der Waals surface area (Å²) in [6.07, 6.45) is -1.41. The van der Waals surface area contributed by atoms with E-state index in [0.717, 1.165) is 11.6 Å². The predicted octanol–water partition coefficient (Wildman–Crippen LogP) is 5.96. The summed E-state index contributed by atoms with van der Waals surface area (Å²) in [6, 6.07) is 16.2. The van der Waals surface area contributed by atoms with E-state index in [2.05, 4.69) is 20.6 Å². The van der Waals surface area contributed by atoms with Crippen LogP contribution in [0.25, 0.3) is 0 Å². The molecule has 2 unspecified atom stereocenters. The first-order valence-electron chi connectivity index (χ1n) is 13.1. The van der Waals surface area contributed by atoms with Crippen LogP contribution in [-0.4, -0.2) is 39.7 Å². The van der Waals surface area contributed by atoms with Crippen molar-refractivity contribution in [2.24, 2.45) is 4.99 Å². The number of hydrogen-bond acceptors (Lipinski definition) is 4. The summed E-state index contributed by atoms with van der Waals surface area (Å²) in [7, 11) is 0.